The minimum atomic E-state index is -1.87. The number of hydrogen-bond donors (Lipinski definition) is 15. The lowest BCUT2D eigenvalue weighted by Gasteiger charge is -2.29. The van der Waals surface area contributed by atoms with Crippen molar-refractivity contribution in [3.8, 4) is 5.75 Å². The molecule has 4 rings (SSSR count). The summed E-state index contributed by atoms with van der Waals surface area (Å²) in [4.78, 5) is 178. The first-order valence-corrected chi connectivity index (χ1v) is 33.1. The molecular weight excluding hydrogens is 1270 g/mol. The van der Waals surface area contributed by atoms with E-state index in [1.807, 2.05) is 19.9 Å². The predicted octanol–water partition coefficient (Wildman–Crippen LogP) is -0.649. The van der Waals surface area contributed by atoms with Gasteiger partial charge in [-0.05, 0) is 91.8 Å². The van der Waals surface area contributed by atoms with Gasteiger partial charge in [0.15, 0.2) is 0 Å². The van der Waals surface area contributed by atoms with E-state index in [1.54, 1.807) is 98.8 Å². The van der Waals surface area contributed by atoms with Crippen LogP contribution in [0.15, 0.2) is 115 Å². The molecule has 29 heteroatoms. The van der Waals surface area contributed by atoms with Crippen LogP contribution in [0.3, 0.4) is 0 Å². The molecule has 0 saturated carbocycles. The van der Waals surface area contributed by atoms with Crippen molar-refractivity contribution in [2.45, 2.75) is 166 Å². The number of hydrogen-bond acceptors (Lipinski definition) is 17. The third-order valence-electron chi connectivity index (χ3n) is 15.2. The van der Waals surface area contributed by atoms with Crippen molar-refractivity contribution >= 4 is 87.8 Å². The monoisotopic (exact) mass is 1360 g/mol. The number of nitrogens with one attached hydrogen (secondary N) is 10. The van der Waals surface area contributed by atoms with E-state index in [2.05, 4.69) is 53.2 Å². The van der Waals surface area contributed by atoms with Gasteiger partial charge >= 0.3 is 0 Å². The molecule has 0 saturated heterocycles. The van der Waals surface area contributed by atoms with Gasteiger partial charge in [0, 0.05) is 44.9 Å². The molecule has 0 spiro atoms. The Morgan fingerprint density at radius 1 is 0.454 bits per heavy atom. The SMILES string of the molecule is CC(=O)NCCSC(=O)[C@H](CC(C)C)NC(=O)[C@H](CCCN)NC(=O)[C@@H](NC(=O)[C@H](Cc1ccc(O)cc1)NC(=O)[C@H](CCC(N)=O)NC(=O)[C@H](CC(N)=O)NC(=O)[C@@H](Cc1ccccc1)NC(=O)[C@H](Cc1ccccc1)NC(=O)[C@H](C)NC(=O)[C@H](N)Cc1ccccc1)C(C)C. The molecule has 526 valence electrons. The summed E-state index contributed by atoms with van der Waals surface area (Å²) in [5.74, 6) is -11.0. The first-order chi connectivity index (χ1) is 46.0. The highest BCUT2D eigenvalue weighted by atomic mass is 32.2. The van der Waals surface area contributed by atoms with Crippen LogP contribution in [-0.2, 0) is 88.0 Å². The topological polar surface area (TPSA) is 467 Å². The van der Waals surface area contributed by atoms with E-state index in [-0.39, 0.29) is 86.5 Å². The molecule has 10 atom stereocenters. The van der Waals surface area contributed by atoms with Crippen molar-refractivity contribution in [2.75, 3.05) is 18.8 Å². The summed E-state index contributed by atoms with van der Waals surface area (Å²) in [6, 6.07) is 17.5. The van der Waals surface area contributed by atoms with Crippen molar-refractivity contribution < 1.29 is 67.4 Å². The highest BCUT2D eigenvalue weighted by Crippen LogP contribution is 2.17. The Balaban J connectivity index is 1.62. The van der Waals surface area contributed by atoms with Crippen LogP contribution in [0.1, 0.15) is 102 Å². The van der Waals surface area contributed by atoms with Crippen molar-refractivity contribution in [3.05, 3.63) is 138 Å². The van der Waals surface area contributed by atoms with Crippen molar-refractivity contribution in [2.24, 2.45) is 34.8 Å². The fourth-order valence-corrected chi connectivity index (χ4v) is 10.7. The lowest BCUT2D eigenvalue weighted by molar-refractivity contribution is -0.137. The zero-order valence-electron chi connectivity index (χ0n) is 55.6. The van der Waals surface area contributed by atoms with Crippen molar-refractivity contribution in [1.82, 2.24) is 53.2 Å². The van der Waals surface area contributed by atoms with Gasteiger partial charge in [-0.2, -0.15) is 0 Å². The highest BCUT2D eigenvalue weighted by Gasteiger charge is 2.37. The molecule has 0 aliphatic heterocycles. The minimum Gasteiger partial charge on any atom is -0.508 e. The fourth-order valence-electron chi connectivity index (χ4n) is 9.97. The number of phenols is 1. The molecule has 28 nitrogen and oxygen atoms in total. The molecule has 97 heavy (non-hydrogen) atoms. The van der Waals surface area contributed by atoms with Crippen molar-refractivity contribution in [3.63, 3.8) is 0 Å². The molecule has 12 amide bonds. The van der Waals surface area contributed by atoms with E-state index in [9.17, 15) is 67.4 Å². The van der Waals surface area contributed by atoms with Gasteiger partial charge in [0.25, 0.3) is 0 Å². The molecule has 0 aliphatic carbocycles. The quantitative estimate of drug-likeness (QED) is 0.0246. The van der Waals surface area contributed by atoms with E-state index in [0.29, 0.717) is 16.7 Å². The summed E-state index contributed by atoms with van der Waals surface area (Å²) in [6.07, 6.45) is -1.83. The second-order valence-electron chi connectivity index (χ2n) is 24.3. The Hall–Kier alpha value is -9.74. The van der Waals surface area contributed by atoms with Crippen LogP contribution >= 0.6 is 11.8 Å². The Bertz CT molecular complexity index is 3290. The van der Waals surface area contributed by atoms with Crippen LogP contribution in [0.2, 0.25) is 0 Å². The Morgan fingerprint density at radius 3 is 1.33 bits per heavy atom. The average molecular weight is 1360 g/mol. The number of aromatic hydroxyl groups is 1. The third-order valence-corrected chi connectivity index (χ3v) is 16.2. The lowest BCUT2D eigenvalue weighted by Crippen LogP contribution is -2.61. The van der Waals surface area contributed by atoms with E-state index in [0.717, 1.165) is 17.3 Å². The molecule has 0 unspecified atom stereocenters. The number of benzene rings is 4. The Morgan fingerprint density at radius 2 is 0.866 bits per heavy atom. The van der Waals surface area contributed by atoms with Crippen LogP contribution in [0.5, 0.6) is 5.75 Å². The Labute approximate surface area is 569 Å². The Kier molecular flexibility index (Phi) is 33.9. The second-order valence-corrected chi connectivity index (χ2v) is 25.4. The van der Waals surface area contributed by atoms with Crippen LogP contribution in [0.4, 0.5) is 0 Å². The number of rotatable bonds is 41. The van der Waals surface area contributed by atoms with E-state index in [1.165, 1.54) is 38.1 Å². The highest BCUT2D eigenvalue weighted by molar-refractivity contribution is 8.13. The molecule has 0 heterocycles. The van der Waals surface area contributed by atoms with Gasteiger partial charge < -0.3 is 81.2 Å². The maximum absolute atomic E-state index is 14.7. The second kappa shape index (κ2) is 41.3. The van der Waals surface area contributed by atoms with E-state index < -0.39 is 151 Å². The summed E-state index contributed by atoms with van der Waals surface area (Å²) in [5.41, 5.74) is 25.5. The molecule has 19 N–H and O–H groups in total. The standard InChI is InChI=1S/C68H94N14O14S/c1-39(2)33-55(68(96)97-32-31-73-42(6)83)81-61(89)49(23-16-30-69)76-67(95)58(40(3)4)82-66(94)53(37-46-24-26-47(84)27-25-46)78-62(90)50(28-29-56(71)85)75-65(93)54(38-57(72)86)80-64(92)52(36-45-21-14-9-15-22-45)79-63(91)51(35-44-19-12-8-13-20-44)77-59(87)41(5)74-60(88)48(70)34-43-17-10-7-11-18-43/h7-15,17-22,24-27,39-41,48-55,58,84H,16,23,28-38,69-70H2,1-6H3,(H2,71,85)(H2,72,86)(H,73,83)(H,74,88)(H,75,93)(H,76,95)(H,77,87)(H,78,90)(H,79,91)(H,80,92)(H,81,89)(H,82,94)/t41-,48+,49-,50-,51-,52+,53-,54-,55-,58-/m0/s1. The number of amides is 12. The van der Waals surface area contributed by atoms with Crippen molar-refractivity contribution in [1.29, 1.82) is 0 Å². The maximum Gasteiger partial charge on any atom is 0.243 e. The first-order valence-electron chi connectivity index (χ1n) is 32.1. The number of primary amides is 2. The van der Waals surface area contributed by atoms with Gasteiger partial charge in [-0.25, -0.2) is 0 Å². The predicted molar refractivity (Wildman–Crippen MR) is 364 cm³/mol. The van der Waals surface area contributed by atoms with Gasteiger partial charge in [0.05, 0.1) is 18.5 Å². The number of nitrogens with two attached hydrogens (primary N) is 4. The first kappa shape index (κ1) is 79.7. The summed E-state index contributed by atoms with van der Waals surface area (Å²) >= 11 is 0.928. The molecule has 0 aromatic heterocycles. The van der Waals surface area contributed by atoms with Crippen LogP contribution in [-0.4, -0.2) is 160 Å². The van der Waals surface area contributed by atoms with Gasteiger partial charge in [0.2, 0.25) is 76.0 Å². The maximum atomic E-state index is 14.7. The molecule has 0 radical (unpaired) electrons. The van der Waals surface area contributed by atoms with E-state index >= 15 is 0 Å². The molecule has 0 fully saturated rings. The summed E-state index contributed by atoms with van der Waals surface area (Å²) in [5, 5.41) is 35.9. The fraction of sp³-hybridized carbons (Fsp3) is 0.456. The number of carbonyl (C=O) groups is 13. The number of thioether (sulfide) groups is 1. The largest absolute Gasteiger partial charge is 0.508 e. The van der Waals surface area contributed by atoms with Gasteiger partial charge in [-0.1, -0.05) is 143 Å². The van der Waals surface area contributed by atoms with Gasteiger partial charge in [-0.3, -0.25) is 62.3 Å². The minimum absolute atomic E-state index is 0.0330. The summed E-state index contributed by atoms with van der Waals surface area (Å²) < 4.78 is 0. The van der Waals surface area contributed by atoms with Crippen LogP contribution in [0, 0.1) is 11.8 Å². The molecular formula is C68H94N14O14S. The molecule has 4 aromatic rings. The van der Waals surface area contributed by atoms with Crippen LogP contribution < -0.4 is 76.1 Å². The normalized spacial score (nSPS) is 14.2. The number of phenolic OH excluding ortho intramolecular Hbond substituents is 1. The zero-order valence-corrected chi connectivity index (χ0v) is 56.4. The molecule has 4 aromatic carbocycles. The summed E-state index contributed by atoms with van der Waals surface area (Å²) in [7, 11) is 0. The van der Waals surface area contributed by atoms with E-state index in [4.69, 9.17) is 22.9 Å². The van der Waals surface area contributed by atoms with Crippen LogP contribution in [0.25, 0.3) is 0 Å². The average Bonchev–Trinajstić information content (AvgIpc) is 1.00. The number of carbonyl (C=O) groups excluding carboxylic acids is 13. The lowest BCUT2D eigenvalue weighted by atomic mass is 9.99. The summed E-state index contributed by atoms with van der Waals surface area (Å²) in [6.45, 7) is 10.0. The third kappa shape index (κ3) is 29.4. The zero-order chi connectivity index (χ0) is 71.7. The van der Waals surface area contributed by atoms with Gasteiger partial charge in [0.1, 0.15) is 54.1 Å². The van der Waals surface area contributed by atoms with Gasteiger partial charge in [-0.15, -0.1) is 0 Å². The molecule has 0 aliphatic rings. The smallest absolute Gasteiger partial charge is 0.243 e. The molecule has 0 bridgehead atoms.